The molecule has 1 saturated heterocycles. The van der Waals surface area contributed by atoms with E-state index in [1.807, 2.05) is 0 Å². The monoisotopic (exact) mass is 334 g/mol. The summed E-state index contributed by atoms with van der Waals surface area (Å²) < 4.78 is 13.5. The fourth-order valence-corrected chi connectivity index (χ4v) is 6.93. The van der Waals surface area contributed by atoms with Crippen molar-refractivity contribution < 1.29 is 9.47 Å². The molecule has 2 bridgehead atoms. The third-order valence-electron chi connectivity index (χ3n) is 8.81. The van der Waals surface area contributed by atoms with E-state index in [1.54, 1.807) is 0 Å². The highest BCUT2D eigenvalue weighted by atomic mass is 16.7. The van der Waals surface area contributed by atoms with Crippen LogP contribution in [-0.2, 0) is 9.47 Å². The van der Waals surface area contributed by atoms with E-state index in [0.29, 0.717) is 17.4 Å². The van der Waals surface area contributed by atoms with Crippen molar-refractivity contribution in [3.05, 3.63) is 0 Å². The molecule has 1 heterocycles. The van der Waals surface area contributed by atoms with Crippen LogP contribution in [0.2, 0.25) is 0 Å². The van der Waals surface area contributed by atoms with Crippen molar-refractivity contribution in [2.75, 3.05) is 0 Å². The molecular formula is C22H38O2. The second-order valence-corrected chi connectivity index (χ2v) is 10.3. The average Bonchev–Trinajstić information content (AvgIpc) is 3.08. The zero-order valence-electron chi connectivity index (χ0n) is 16.5. The second-order valence-electron chi connectivity index (χ2n) is 10.3. The van der Waals surface area contributed by atoms with Crippen LogP contribution in [0.15, 0.2) is 0 Å². The van der Waals surface area contributed by atoms with E-state index in [0.717, 1.165) is 30.1 Å². The Bertz CT molecular complexity index is 475. The normalized spacial score (nSPS) is 54.2. The maximum absolute atomic E-state index is 6.78. The predicted molar refractivity (Wildman–Crippen MR) is 97.7 cm³/mol. The van der Waals surface area contributed by atoms with E-state index < -0.39 is 0 Å². The largest absolute Gasteiger partial charge is 0.349 e. The average molecular weight is 335 g/mol. The Morgan fingerprint density at radius 1 is 0.958 bits per heavy atom. The number of ether oxygens (including phenoxy) is 2. The standard InChI is InChI=1S/C22H38O2/c1-14(2)18-9-6-15(3)12-19(18)23-20-10-11-21(4)16-7-8-17(13-16)22(21,5)24-20/h14-20H,6-13H2,1-5H3/t15-,16+,17-,18+,19-,20-,21-,22+/m1/s1. The summed E-state index contributed by atoms with van der Waals surface area (Å²) in [6.07, 6.45) is 11.0. The lowest BCUT2D eigenvalue weighted by Gasteiger charge is -2.55. The molecule has 3 aliphatic carbocycles. The molecule has 0 amide bonds. The summed E-state index contributed by atoms with van der Waals surface area (Å²) in [5.74, 6) is 3.90. The van der Waals surface area contributed by atoms with Gasteiger partial charge in [-0.1, -0.05) is 34.1 Å². The SMILES string of the molecule is CC(C)[C@@H]1CC[C@@H](C)C[C@H]1O[C@H]1CC[C@]2(C)[C@H]3CC[C@H](C3)[C@]2(C)O1. The Morgan fingerprint density at radius 2 is 1.71 bits per heavy atom. The molecule has 0 N–H and O–H groups in total. The molecular weight excluding hydrogens is 296 g/mol. The van der Waals surface area contributed by atoms with Gasteiger partial charge in [-0.05, 0) is 86.9 Å². The first-order valence-electron chi connectivity index (χ1n) is 10.7. The van der Waals surface area contributed by atoms with Crippen LogP contribution < -0.4 is 0 Å². The van der Waals surface area contributed by atoms with E-state index in [4.69, 9.17) is 9.47 Å². The van der Waals surface area contributed by atoms with E-state index >= 15 is 0 Å². The minimum Gasteiger partial charge on any atom is -0.349 e. The smallest absolute Gasteiger partial charge is 0.158 e. The molecule has 2 nitrogen and oxygen atoms in total. The minimum absolute atomic E-state index is 0.0407. The zero-order valence-corrected chi connectivity index (χ0v) is 16.5. The number of rotatable bonds is 3. The fraction of sp³-hybridized carbons (Fsp3) is 1.00. The molecule has 138 valence electrons. The van der Waals surface area contributed by atoms with Crippen LogP contribution in [0, 0.1) is 35.0 Å². The summed E-state index contributed by atoms with van der Waals surface area (Å²) in [6.45, 7) is 12.0. The number of hydrogen-bond acceptors (Lipinski definition) is 2. The van der Waals surface area contributed by atoms with Crippen molar-refractivity contribution >= 4 is 0 Å². The molecule has 3 saturated carbocycles. The molecule has 0 radical (unpaired) electrons. The summed E-state index contributed by atoms with van der Waals surface area (Å²) >= 11 is 0. The third kappa shape index (κ3) is 2.50. The Balaban J connectivity index is 1.46. The van der Waals surface area contributed by atoms with Crippen LogP contribution in [0.4, 0.5) is 0 Å². The minimum atomic E-state index is 0.0407. The van der Waals surface area contributed by atoms with Crippen LogP contribution >= 0.6 is 0 Å². The summed E-state index contributed by atoms with van der Waals surface area (Å²) in [5, 5.41) is 0. The van der Waals surface area contributed by atoms with Crippen molar-refractivity contribution in [2.24, 2.45) is 35.0 Å². The second kappa shape index (κ2) is 5.98. The number of fused-ring (bicyclic) bond motifs is 5. The van der Waals surface area contributed by atoms with Gasteiger partial charge in [0, 0.05) is 0 Å². The summed E-state index contributed by atoms with van der Waals surface area (Å²) in [7, 11) is 0. The molecule has 4 fully saturated rings. The number of hydrogen-bond donors (Lipinski definition) is 0. The van der Waals surface area contributed by atoms with Gasteiger partial charge >= 0.3 is 0 Å². The van der Waals surface area contributed by atoms with Gasteiger partial charge in [0.25, 0.3) is 0 Å². The van der Waals surface area contributed by atoms with E-state index in [2.05, 4.69) is 34.6 Å². The highest BCUT2D eigenvalue weighted by molar-refractivity contribution is 5.14. The molecule has 4 aliphatic rings. The highest BCUT2D eigenvalue weighted by Crippen LogP contribution is 2.67. The van der Waals surface area contributed by atoms with Gasteiger partial charge < -0.3 is 9.47 Å². The summed E-state index contributed by atoms with van der Waals surface area (Å²) in [4.78, 5) is 0. The fourth-order valence-electron chi connectivity index (χ4n) is 6.93. The van der Waals surface area contributed by atoms with Crippen LogP contribution in [0.25, 0.3) is 0 Å². The molecule has 0 aromatic carbocycles. The van der Waals surface area contributed by atoms with Crippen LogP contribution in [-0.4, -0.2) is 18.0 Å². The molecule has 0 spiro atoms. The molecule has 1 aliphatic heterocycles. The quantitative estimate of drug-likeness (QED) is 0.650. The van der Waals surface area contributed by atoms with Gasteiger partial charge in [-0.2, -0.15) is 0 Å². The lowest BCUT2D eigenvalue weighted by molar-refractivity contribution is -0.306. The topological polar surface area (TPSA) is 18.5 Å². The van der Waals surface area contributed by atoms with Crippen LogP contribution in [0.1, 0.15) is 86.0 Å². The van der Waals surface area contributed by atoms with Crippen LogP contribution in [0.5, 0.6) is 0 Å². The van der Waals surface area contributed by atoms with E-state index in [1.165, 1.54) is 44.9 Å². The van der Waals surface area contributed by atoms with Gasteiger partial charge in [0.1, 0.15) is 0 Å². The molecule has 8 atom stereocenters. The van der Waals surface area contributed by atoms with Crippen molar-refractivity contribution in [3.8, 4) is 0 Å². The lowest BCUT2D eigenvalue weighted by Crippen LogP contribution is -2.57. The first kappa shape index (κ1) is 17.3. The van der Waals surface area contributed by atoms with Crippen molar-refractivity contribution in [3.63, 3.8) is 0 Å². The summed E-state index contributed by atoms with van der Waals surface area (Å²) in [6, 6.07) is 0. The molecule has 4 rings (SSSR count). The van der Waals surface area contributed by atoms with E-state index in [-0.39, 0.29) is 11.9 Å². The molecule has 0 aromatic heterocycles. The summed E-state index contributed by atoms with van der Waals surface area (Å²) in [5.41, 5.74) is 0.458. The predicted octanol–water partition coefficient (Wildman–Crippen LogP) is 5.80. The highest BCUT2D eigenvalue weighted by Gasteiger charge is 2.65. The third-order valence-corrected chi connectivity index (χ3v) is 8.81. The molecule has 2 heteroatoms. The first-order chi connectivity index (χ1) is 11.3. The van der Waals surface area contributed by atoms with Crippen molar-refractivity contribution in [1.82, 2.24) is 0 Å². The van der Waals surface area contributed by atoms with Crippen molar-refractivity contribution in [1.29, 1.82) is 0 Å². The Morgan fingerprint density at radius 3 is 2.46 bits per heavy atom. The van der Waals surface area contributed by atoms with Crippen molar-refractivity contribution in [2.45, 2.75) is 104 Å². The molecule has 0 aromatic rings. The van der Waals surface area contributed by atoms with Gasteiger partial charge in [-0.3, -0.25) is 0 Å². The van der Waals surface area contributed by atoms with Crippen LogP contribution in [0.3, 0.4) is 0 Å². The first-order valence-corrected chi connectivity index (χ1v) is 10.7. The Hall–Kier alpha value is -0.0800. The van der Waals surface area contributed by atoms with Gasteiger partial charge in [-0.15, -0.1) is 0 Å². The molecule has 24 heavy (non-hydrogen) atoms. The van der Waals surface area contributed by atoms with E-state index in [9.17, 15) is 0 Å². The maximum Gasteiger partial charge on any atom is 0.158 e. The Kier molecular flexibility index (Phi) is 4.32. The van der Waals surface area contributed by atoms with Gasteiger partial charge in [-0.25, -0.2) is 0 Å². The van der Waals surface area contributed by atoms with Gasteiger partial charge in [0.2, 0.25) is 0 Å². The van der Waals surface area contributed by atoms with Gasteiger partial charge in [0.15, 0.2) is 6.29 Å². The Labute approximate surface area is 149 Å². The maximum atomic E-state index is 6.78. The zero-order chi connectivity index (χ0) is 17.1. The lowest BCUT2D eigenvalue weighted by atomic mass is 9.61. The van der Waals surface area contributed by atoms with Gasteiger partial charge in [0.05, 0.1) is 11.7 Å². The molecule has 0 unspecified atom stereocenters.